The number of aryl methyl sites for hydroxylation is 2. The fourth-order valence-electron chi connectivity index (χ4n) is 5.59. The Hall–Kier alpha value is -5.22. The van der Waals surface area contributed by atoms with Crippen molar-refractivity contribution in [3.8, 4) is 23.0 Å². The molecule has 0 bridgehead atoms. The minimum atomic E-state index is -3.80. The first kappa shape index (κ1) is 41.0. The summed E-state index contributed by atoms with van der Waals surface area (Å²) in [6.45, 7) is 5.42. The van der Waals surface area contributed by atoms with Gasteiger partial charge in [0.05, 0.1) is 37.5 Å². The van der Waals surface area contributed by atoms with Gasteiger partial charge in [0.15, 0.2) is 12.2 Å². The van der Waals surface area contributed by atoms with Crippen LogP contribution in [0.2, 0.25) is 0 Å². The maximum atomic E-state index is 13.4. The van der Waals surface area contributed by atoms with Gasteiger partial charge in [0, 0.05) is 5.69 Å². The molecule has 0 unspecified atom stereocenters. The zero-order valence-electron chi connectivity index (χ0n) is 30.8. The molecule has 5 rings (SSSR count). The number of rotatable bonds is 17. The fourth-order valence-corrected chi connectivity index (χ4v) is 7.28. The number of ether oxygens (including phenoxy) is 3. The first-order valence-electron chi connectivity index (χ1n) is 17.8. The van der Waals surface area contributed by atoms with E-state index in [1.165, 1.54) is 16.5 Å². The molecule has 55 heavy (non-hydrogen) atoms. The van der Waals surface area contributed by atoms with Gasteiger partial charge in [-0.2, -0.15) is 16.8 Å². The maximum absolute atomic E-state index is 13.4. The lowest BCUT2D eigenvalue weighted by Crippen LogP contribution is -2.39. The number of nitrogens with one attached hydrogen (secondary N) is 1. The topological polar surface area (TPSA) is 164 Å². The van der Waals surface area contributed by atoms with Gasteiger partial charge < -0.3 is 24.4 Å². The van der Waals surface area contributed by atoms with E-state index in [2.05, 4.69) is 12.2 Å². The van der Waals surface area contributed by atoms with Crippen molar-refractivity contribution in [2.75, 3.05) is 37.4 Å². The largest absolute Gasteiger partial charge is 0.485 e. The van der Waals surface area contributed by atoms with Crippen molar-refractivity contribution in [3.63, 3.8) is 0 Å². The third-order valence-corrected chi connectivity index (χ3v) is 10.7. The number of likely N-dealkylation sites (tertiary alicyclic amines) is 1. The molecule has 1 aliphatic heterocycles. The molecule has 1 N–H and O–H groups in total. The van der Waals surface area contributed by atoms with Gasteiger partial charge in [-0.15, -0.1) is 0 Å². The Morgan fingerprint density at radius 2 is 1.20 bits per heavy atom. The van der Waals surface area contributed by atoms with E-state index in [-0.39, 0.29) is 38.5 Å². The maximum Gasteiger partial charge on any atom is 0.313 e. The average Bonchev–Trinajstić information content (AvgIpc) is 3.56. The number of hydrogen-bond acceptors (Lipinski definition) is 11. The van der Waals surface area contributed by atoms with Crippen molar-refractivity contribution in [1.82, 2.24) is 4.90 Å². The predicted octanol–water partition coefficient (Wildman–Crippen LogP) is 5.96. The lowest BCUT2D eigenvalue weighted by molar-refractivity contribution is -0.142. The number of carbonyl (C=O) groups excluding carboxylic acids is 2. The molecule has 4 aromatic rings. The van der Waals surface area contributed by atoms with Gasteiger partial charge in [0.2, 0.25) is 0 Å². The first-order valence-corrected chi connectivity index (χ1v) is 20.8. The molecular weight excluding hydrogens is 749 g/mol. The highest BCUT2D eigenvalue weighted by atomic mass is 32.2. The van der Waals surface area contributed by atoms with Gasteiger partial charge >= 0.3 is 11.8 Å². The molecule has 0 saturated carbocycles. The molecule has 4 aromatic carbocycles. The van der Waals surface area contributed by atoms with Crippen LogP contribution >= 0.6 is 0 Å². The van der Waals surface area contributed by atoms with Crippen LogP contribution in [0.4, 0.5) is 5.69 Å². The zero-order valence-corrected chi connectivity index (χ0v) is 32.4. The summed E-state index contributed by atoms with van der Waals surface area (Å²) in [4.78, 5) is 28.0. The number of hydrogen-bond donors (Lipinski definition) is 1. The van der Waals surface area contributed by atoms with Crippen molar-refractivity contribution < 1.29 is 49.0 Å². The van der Waals surface area contributed by atoms with Gasteiger partial charge in [-0.05, 0) is 110 Å². The summed E-state index contributed by atoms with van der Waals surface area (Å²) >= 11 is 0. The Morgan fingerprint density at radius 1 is 0.691 bits per heavy atom. The van der Waals surface area contributed by atoms with Gasteiger partial charge in [-0.25, -0.2) is 0 Å². The molecule has 2 atom stereocenters. The minimum Gasteiger partial charge on any atom is -0.485 e. The highest BCUT2D eigenvalue weighted by Gasteiger charge is 2.40. The monoisotopic (exact) mass is 792 g/mol. The molecule has 1 heterocycles. The van der Waals surface area contributed by atoms with Crippen molar-refractivity contribution in [3.05, 3.63) is 119 Å². The van der Waals surface area contributed by atoms with Crippen LogP contribution in [0.25, 0.3) is 6.08 Å². The van der Waals surface area contributed by atoms with Crippen molar-refractivity contribution in [2.45, 2.75) is 45.8 Å². The first-order chi connectivity index (χ1) is 26.3. The van der Waals surface area contributed by atoms with Crippen molar-refractivity contribution >= 4 is 43.8 Å². The third-order valence-electron chi connectivity index (χ3n) is 8.40. The summed E-state index contributed by atoms with van der Waals surface area (Å²) in [5.41, 5.74) is 2.95. The molecule has 292 valence electrons. The van der Waals surface area contributed by atoms with Gasteiger partial charge in [-0.1, -0.05) is 43.3 Å². The van der Waals surface area contributed by atoms with E-state index in [0.717, 1.165) is 17.4 Å². The molecular formula is C40H44N2O11S2. The number of carbonyl (C=O) groups is 2. The molecule has 13 nitrogen and oxygen atoms in total. The van der Waals surface area contributed by atoms with Crippen LogP contribution in [0.1, 0.15) is 37.5 Å². The lowest BCUT2D eigenvalue weighted by Gasteiger charge is -2.21. The standard InChI is InChI=1S/C40H44N2O11S2/c1-4-29-7-15-33(16-8-29)51-34-21-13-32(14-22-34)41-39(43)40(44)42-27-37(52-35-17-9-30(10-18-35)23-25-54(45,46)49-5-2)38(28-42)53-36-19-11-31(12-20-36)24-26-55(47,48)50-6-3/h7-23,25,37-38H,4-6,24,26-28H2,1-3H3,(H,41,43)/b25-23+/t37-,38+/m1/s1. The Balaban J connectivity index is 1.25. The molecule has 2 amide bonds. The summed E-state index contributed by atoms with van der Waals surface area (Å²) in [5, 5.41) is 3.62. The van der Waals surface area contributed by atoms with Crippen LogP contribution in [-0.2, 0) is 51.0 Å². The number of nitrogens with zero attached hydrogens (tertiary/aromatic N) is 1. The van der Waals surface area contributed by atoms with Crippen LogP contribution in [-0.4, -0.2) is 77.8 Å². The summed E-state index contributed by atoms with van der Waals surface area (Å²) < 4.78 is 75.7. The molecule has 15 heteroatoms. The fraction of sp³-hybridized carbons (Fsp3) is 0.300. The summed E-state index contributed by atoms with van der Waals surface area (Å²) in [6, 6.07) is 27.9. The molecule has 1 aliphatic rings. The summed E-state index contributed by atoms with van der Waals surface area (Å²) in [5.74, 6) is 0.337. The molecule has 0 radical (unpaired) electrons. The van der Waals surface area contributed by atoms with Gasteiger partial charge in [0.25, 0.3) is 20.2 Å². The highest BCUT2D eigenvalue weighted by molar-refractivity contribution is 7.89. The Kier molecular flexibility index (Phi) is 14.1. The van der Waals surface area contributed by atoms with E-state index in [9.17, 15) is 26.4 Å². The second-order valence-corrected chi connectivity index (χ2v) is 15.7. The summed E-state index contributed by atoms with van der Waals surface area (Å²) in [7, 11) is -7.43. The Morgan fingerprint density at radius 3 is 1.75 bits per heavy atom. The van der Waals surface area contributed by atoms with E-state index >= 15 is 0 Å². The predicted molar refractivity (Wildman–Crippen MR) is 208 cm³/mol. The second kappa shape index (κ2) is 18.9. The van der Waals surface area contributed by atoms with Crippen LogP contribution in [0.3, 0.4) is 0 Å². The van der Waals surface area contributed by atoms with Crippen LogP contribution < -0.4 is 19.5 Å². The molecule has 1 saturated heterocycles. The minimum absolute atomic E-state index is 0.0196. The van der Waals surface area contributed by atoms with E-state index in [0.29, 0.717) is 34.2 Å². The normalized spacial score (nSPS) is 15.9. The lowest BCUT2D eigenvalue weighted by atomic mass is 10.1. The number of benzene rings is 4. The number of amides is 2. The van der Waals surface area contributed by atoms with Crippen molar-refractivity contribution in [1.29, 1.82) is 0 Å². The van der Waals surface area contributed by atoms with Crippen molar-refractivity contribution in [2.24, 2.45) is 0 Å². The van der Waals surface area contributed by atoms with E-state index in [1.807, 2.05) is 24.3 Å². The Bertz CT molecular complexity index is 2140. The summed E-state index contributed by atoms with van der Waals surface area (Å²) in [6.07, 6.45) is 1.18. The van der Waals surface area contributed by atoms with Gasteiger partial charge in [-0.3, -0.25) is 18.0 Å². The zero-order chi connectivity index (χ0) is 39.4. The van der Waals surface area contributed by atoms with Crippen LogP contribution in [0.5, 0.6) is 23.0 Å². The smallest absolute Gasteiger partial charge is 0.313 e. The van der Waals surface area contributed by atoms with Crippen LogP contribution in [0, 0.1) is 0 Å². The third kappa shape index (κ3) is 12.4. The second-order valence-electron chi connectivity index (χ2n) is 12.4. The SMILES string of the molecule is CCOS(=O)(=O)/C=C/c1ccc(O[C@@H]2CN(C(=O)C(=O)Nc3ccc(Oc4ccc(CC)cc4)cc3)C[C@@H]2Oc2ccc(CCS(=O)(=O)OCC)cc2)cc1. The van der Waals surface area contributed by atoms with Gasteiger partial charge in [0.1, 0.15) is 23.0 Å². The molecule has 1 fully saturated rings. The highest BCUT2D eigenvalue weighted by Crippen LogP contribution is 2.26. The van der Waals surface area contributed by atoms with E-state index < -0.39 is 44.3 Å². The Labute approximate surface area is 322 Å². The van der Waals surface area contributed by atoms with E-state index in [1.54, 1.807) is 86.6 Å². The quantitative estimate of drug-likeness (QED) is 0.0991. The number of anilines is 1. The molecule has 0 aromatic heterocycles. The molecule has 0 spiro atoms. The van der Waals surface area contributed by atoms with E-state index in [4.69, 9.17) is 22.6 Å². The molecule has 0 aliphatic carbocycles. The van der Waals surface area contributed by atoms with Crippen LogP contribution in [0.15, 0.2) is 102 Å². The average molecular weight is 793 g/mol.